The molecule has 1 heterocycles. The number of anilines is 1. The first-order chi connectivity index (χ1) is 12.9. The smallest absolute Gasteiger partial charge is 0.262 e. The SMILES string of the molecule is COc1cccc(S(=O)(=O)Nc2ccc(C(=O)N3CCCC[C@@H]3C)cc2)c1. The van der Waals surface area contributed by atoms with Gasteiger partial charge in [-0.25, -0.2) is 8.42 Å². The first-order valence-electron chi connectivity index (χ1n) is 8.98. The number of carbonyl (C=O) groups excluding carboxylic acids is 1. The Morgan fingerprint density at radius 1 is 1.15 bits per heavy atom. The van der Waals surface area contributed by atoms with Crippen LogP contribution in [0.3, 0.4) is 0 Å². The maximum absolute atomic E-state index is 12.7. The van der Waals surface area contributed by atoms with Crippen molar-refractivity contribution in [1.29, 1.82) is 0 Å². The van der Waals surface area contributed by atoms with E-state index in [4.69, 9.17) is 4.74 Å². The number of rotatable bonds is 5. The third kappa shape index (κ3) is 4.42. The van der Waals surface area contributed by atoms with E-state index in [1.54, 1.807) is 36.4 Å². The van der Waals surface area contributed by atoms with Crippen molar-refractivity contribution in [2.75, 3.05) is 18.4 Å². The van der Waals surface area contributed by atoms with Crippen LogP contribution in [0, 0.1) is 0 Å². The maximum atomic E-state index is 12.7. The number of methoxy groups -OCH3 is 1. The number of hydrogen-bond donors (Lipinski definition) is 1. The molecule has 144 valence electrons. The number of piperidine rings is 1. The third-order valence-electron chi connectivity index (χ3n) is 4.80. The largest absolute Gasteiger partial charge is 0.497 e. The number of amides is 1. The van der Waals surface area contributed by atoms with E-state index < -0.39 is 10.0 Å². The Bertz CT molecular complexity index is 910. The molecule has 0 unspecified atom stereocenters. The van der Waals surface area contributed by atoms with Crippen LogP contribution in [0.15, 0.2) is 53.4 Å². The monoisotopic (exact) mass is 388 g/mol. The molecule has 0 spiro atoms. The second-order valence-corrected chi connectivity index (χ2v) is 8.39. The summed E-state index contributed by atoms with van der Waals surface area (Å²) in [7, 11) is -2.25. The van der Waals surface area contributed by atoms with Crippen LogP contribution >= 0.6 is 0 Å². The number of likely N-dealkylation sites (tertiary alicyclic amines) is 1. The lowest BCUT2D eigenvalue weighted by molar-refractivity contribution is 0.0635. The Hall–Kier alpha value is -2.54. The molecule has 27 heavy (non-hydrogen) atoms. The van der Waals surface area contributed by atoms with Crippen LogP contribution in [0.25, 0.3) is 0 Å². The molecule has 0 aromatic heterocycles. The van der Waals surface area contributed by atoms with Gasteiger partial charge in [-0.2, -0.15) is 0 Å². The molecule has 2 aromatic carbocycles. The fourth-order valence-electron chi connectivity index (χ4n) is 3.23. The van der Waals surface area contributed by atoms with Crippen LogP contribution in [-0.4, -0.2) is 38.9 Å². The maximum Gasteiger partial charge on any atom is 0.262 e. The molecular weight excluding hydrogens is 364 g/mol. The fraction of sp³-hybridized carbons (Fsp3) is 0.350. The van der Waals surface area contributed by atoms with Gasteiger partial charge in [0, 0.05) is 29.9 Å². The Balaban J connectivity index is 1.74. The van der Waals surface area contributed by atoms with Crippen LogP contribution in [0.1, 0.15) is 36.5 Å². The lowest BCUT2D eigenvalue weighted by Crippen LogP contribution is -2.42. The molecule has 0 radical (unpaired) electrons. The second kappa shape index (κ2) is 8.00. The number of ether oxygens (including phenoxy) is 1. The highest BCUT2D eigenvalue weighted by Crippen LogP contribution is 2.22. The van der Waals surface area contributed by atoms with Crippen LogP contribution in [-0.2, 0) is 10.0 Å². The fourth-order valence-corrected chi connectivity index (χ4v) is 4.32. The number of carbonyl (C=O) groups is 1. The number of sulfonamides is 1. The minimum Gasteiger partial charge on any atom is -0.497 e. The van der Waals surface area contributed by atoms with E-state index >= 15 is 0 Å². The summed E-state index contributed by atoms with van der Waals surface area (Å²) >= 11 is 0. The highest BCUT2D eigenvalue weighted by molar-refractivity contribution is 7.92. The van der Waals surface area contributed by atoms with Gasteiger partial charge < -0.3 is 9.64 Å². The Morgan fingerprint density at radius 2 is 1.89 bits per heavy atom. The molecule has 1 amide bonds. The second-order valence-electron chi connectivity index (χ2n) is 6.71. The Labute approximate surface area is 160 Å². The highest BCUT2D eigenvalue weighted by atomic mass is 32.2. The molecule has 1 aliphatic rings. The molecule has 2 aromatic rings. The molecule has 1 atom stereocenters. The van der Waals surface area contributed by atoms with Gasteiger partial charge in [0.15, 0.2) is 0 Å². The summed E-state index contributed by atoms with van der Waals surface area (Å²) in [5, 5.41) is 0. The molecule has 3 rings (SSSR count). The molecule has 1 aliphatic heterocycles. The zero-order valence-electron chi connectivity index (χ0n) is 15.5. The summed E-state index contributed by atoms with van der Waals surface area (Å²) in [5.74, 6) is 0.457. The van der Waals surface area contributed by atoms with E-state index in [1.807, 2.05) is 4.90 Å². The van der Waals surface area contributed by atoms with E-state index in [2.05, 4.69) is 11.6 Å². The van der Waals surface area contributed by atoms with Gasteiger partial charge in [-0.3, -0.25) is 9.52 Å². The van der Waals surface area contributed by atoms with Crippen molar-refractivity contribution in [3.05, 3.63) is 54.1 Å². The summed E-state index contributed by atoms with van der Waals surface area (Å²) in [6.07, 6.45) is 3.19. The quantitative estimate of drug-likeness (QED) is 0.850. The molecule has 0 saturated carbocycles. The van der Waals surface area contributed by atoms with Crippen LogP contribution in [0.4, 0.5) is 5.69 Å². The predicted octanol–water partition coefficient (Wildman–Crippen LogP) is 3.51. The van der Waals surface area contributed by atoms with Gasteiger partial charge in [-0.1, -0.05) is 6.07 Å². The number of benzene rings is 2. The number of hydrogen-bond acceptors (Lipinski definition) is 4. The molecular formula is C20H24N2O4S. The molecule has 1 saturated heterocycles. The van der Waals surface area contributed by atoms with E-state index in [-0.39, 0.29) is 16.8 Å². The normalized spacial score (nSPS) is 17.4. The van der Waals surface area contributed by atoms with Gasteiger partial charge in [-0.05, 0) is 62.6 Å². The van der Waals surface area contributed by atoms with Crippen molar-refractivity contribution in [2.24, 2.45) is 0 Å². The molecule has 1 fully saturated rings. The Morgan fingerprint density at radius 3 is 2.56 bits per heavy atom. The minimum absolute atomic E-state index is 0.00981. The summed E-state index contributed by atoms with van der Waals surface area (Å²) < 4.78 is 32.7. The number of nitrogens with zero attached hydrogens (tertiary/aromatic N) is 1. The first-order valence-corrected chi connectivity index (χ1v) is 10.5. The van der Waals surface area contributed by atoms with E-state index in [0.29, 0.717) is 17.0 Å². The average Bonchev–Trinajstić information content (AvgIpc) is 2.68. The van der Waals surface area contributed by atoms with Crippen molar-refractivity contribution in [3.63, 3.8) is 0 Å². The zero-order chi connectivity index (χ0) is 19.4. The van der Waals surface area contributed by atoms with Crippen molar-refractivity contribution in [2.45, 2.75) is 37.1 Å². The summed E-state index contributed by atoms with van der Waals surface area (Å²) in [6.45, 7) is 2.83. The topological polar surface area (TPSA) is 75.7 Å². The minimum atomic E-state index is -3.73. The summed E-state index contributed by atoms with van der Waals surface area (Å²) in [6, 6.07) is 13.0. The lowest BCUT2D eigenvalue weighted by atomic mass is 10.0. The van der Waals surface area contributed by atoms with Crippen LogP contribution in [0.5, 0.6) is 5.75 Å². The lowest BCUT2D eigenvalue weighted by Gasteiger charge is -2.33. The molecule has 7 heteroatoms. The van der Waals surface area contributed by atoms with Crippen molar-refractivity contribution >= 4 is 21.6 Å². The zero-order valence-corrected chi connectivity index (χ0v) is 16.3. The standard InChI is InChI=1S/C20H24N2O4S/c1-15-6-3-4-13-22(15)20(23)16-9-11-17(12-10-16)21-27(24,25)19-8-5-7-18(14-19)26-2/h5,7-12,14-15,21H,3-4,6,13H2,1-2H3/t15-/m0/s1. The van der Waals surface area contributed by atoms with Gasteiger partial charge in [0.05, 0.1) is 12.0 Å². The van der Waals surface area contributed by atoms with Gasteiger partial charge in [0.1, 0.15) is 5.75 Å². The van der Waals surface area contributed by atoms with Gasteiger partial charge in [0.25, 0.3) is 15.9 Å². The van der Waals surface area contributed by atoms with E-state index in [1.165, 1.54) is 19.2 Å². The predicted molar refractivity (Wildman–Crippen MR) is 105 cm³/mol. The first kappa shape index (κ1) is 19.2. The van der Waals surface area contributed by atoms with E-state index in [0.717, 1.165) is 25.8 Å². The highest BCUT2D eigenvalue weighted by Gasteiger charge is 2.24. The third-order valence-corrected chi connectivity index (χ3v) is 6.18. The van der Waals surface area contributed by atoms with Gasteiger partial charge in [0.2, 0.25) is 0 Å². The van der Waals surface area contributed by atoms with Crippen molar-refractivity contribution in [1.82, 2.24) is 4.90 Å². The van der Waals surface area contributed by atoms with Crippen LogP contribution in [0.2, 0.25) is 0 Å². The van der Waals surface area contributed by atoms with Crippen LogP contribution < -0.4 is 9.46 Å². The molecule has 0 bridgehead atoms. The van der Waals surface area contributed by atoms with Crippen molar-refractivity contribution in [3.8, 4) is 5.75 Å². The average molecular weight is 388 g/mol. The molecule has 6 nitrogen and oxygen atoms in total. The summed E-state index contributed by atoms with van der Waals surface area (Å²) in [4.78, 5) is 14.7. The van der Waals surface area contributed by atoms with E-state index in [9.17, 15) is 13.2 Å². The van der Waals surface area contributed by atoms with Crippen molar-refractivity contribution < 1.29 is 17.9 Å². The molecule has 0 aliphatic carbocycles. The molecule has 1 N–H and O–H groups in total. The Kier molecular flexibility index (Phi) is 5.70. The summed E-state index contributed by atoms with van der Waals surface area (Å²) in [5.41, 5.74) is 0.967. The van der Waals surface area contributed by atoms with Gasteiger partial charge >= 0.3 is 0 Å². The van der Waals surface area contributed by atoms with Gasteiger partial charge in [-0.15, -0.1) is 0 Å². The number of nitrogens with one attached hydrogen (secondary N) is 1.